The maximum Gasteiger partial charge on any atom is 0.317 e. The van der Waals surface area contributed by atoms with Crippen molar-refractivity contribution < 1.29 is 14.7 Å². The van der Waals surface area contributed by atoms with Gasteiger partial charge in [0.2, 0.25) is 0 Å². The summed E-state index contributed by atoms with van der Waals surface area (Å²) in [5.74, 6) is -1.04. The number of rotatable bonds is 5. The Morgan fingerprint density at radius 1 is 1.50 bits per heavy atom. The van der Waals surface area contributed by atoms with Crippen LogP contribution < -0.4 is 11.1 Å². The third kappa shape index (κ3) is 3.87. The number of nitrogens with one attached hydrogen (secondary N) is 1. The Bertz CT molecular complexity index is 307. The highest BCUT2D eigenvalue weighted by atomic mass is 16.4. The van der Waals surface area contributed by atoms with E-state index in [-0.39, 0.29) is 18.5 Å². The standard InChI is InChI=1S/C12H23N3O3/c1-8(2)10(11(16)17)6-14-12(18)15-4-3-9(5-13)7-15/h8-10H,3-7,13H2,1-2H3,(H,14,18)(H,16,17). The highest BCUT2D eigenvalue weighted by molar-refractivity contribution is 5.76. The van der Waals surface area contributed by atoms with Crippen LogP contribution in [0.25, 0.3) is 0 Å². The monoisotopic (exact) mass is 257 g/mol. The van der Waals surface area contributed by atoms with Crippen molar-refractivity contribution in [3.05, 3.63) is 0 Å². The summed E-state index contributed by atoms with van der Waals surface area (Å²) in [6, 6.07) is -0.183. The number of carboxylic acid groups (broad SMARTS) is 1. The minimum absolute atomic E-state index is 0.00170. The molecule has 1 aliphatic heterocycles. The third-order valence-corrected chi connectivity index (χ3v) is 3.50. The molecule has 0 bridgehead atoms. The molecule has 0 saturated carbocycles. The second-order valence-electron chi connectivity index (χ2n) is 5.21. The molecule has 1 aliphatic rings. The van der Waals surface area contributed by atoms with Gasteiger partial charge in [0.25, 0.3) is 0 Å². The Morgan fingerprint density at radius 3 is 2.61 bits per heavy atom. The Labute approximate surface area is 108 Å². The lowest BCUT2D eigenvalue weighted by Gasteiger charge is -2.21. The Balaban J connectivity index is 2.39. The number of nitrogens with two attached hydrogens (primary N) is 1. The zero-order valence-corrected chi connectivity index (χ0v) is 11.1. The van der Waals surface area contributed by atoms with Crippen molar-refractivity contribution in [2.24, 2.45) is 23.5 Å². The van der Waals surface area contributed by atoms with Crippen molar-refractivity contribution in [2.45, 2.75) is 20.3 Å². The number of aliphatic carboxylic acids is 1. The molecule has 6 nitrogen and oxygen atoms in total. The highest BCUT2D eigenvalue weighted by Gasteiger charge is 2.27. The first-order valence-corrected chi connectivity index (χ1v) is 6.41. The van der Waals surface area contributed by atoms with Gasteiger partial charge in [0, 0.05) is 19.6 Å². The summed E-state index contributed by atoms with van der Waals surface area (Å²) in [5, 5.41) is 11.7. The number of hydrogen-bond donors (Lipinski definition) is 3. The number of amides is 2. The predicted molar refractivity (Wildman–Crippen MR) is 68.1 cm³/mol. The van der Waals surface area contributed by atoms with E-state index in [0.717, 1.165) is 6.42 Å². The molecule has 0 aromatic heterocycles. The number of carbonyl (C=O) groups is 2. The minimum atomic E-state index is -0.869. The molecule has 0 aromatic rings. The van der Waals surface area contributed by atoms with E-state index in [1.807, 2.05) is 13.8 Å². The van der Waals surface area contributed by atoms with Gasteiger partial charge >= 0.3 is 12.0 Å². The van der Waals surface area contributed by atoms with Gasteiger partial charge in [0.15, 0.2) is 0 Å². The average molecular weight is 257 g/mol. The zero-order valence-electron chi connectivity index (χ0n) is 11.1. The van der Waals surface area contributed by atoms with Gasteiger partial charge in [0.1, 0.15) is 0 Å². The Hall–Kier alpha value is -1.30. The molecule has 0 aromatic carbocycles. The lowest BCUT2D eigenvalue weighted by Crippen LogP contribution is -2.43. The summed E-state index contributed by atoms with van der Waals surface area (Å²) in [5.41, 5.74) is 5.56. The van der Waals surface area contributed by atoms with E-state index in [9.17, 15) is 9.59 Å². The summed E-state index contributed by atoms with van der Waals surface area (Å²) in [7, 11) is 0. The van der Waals surface area contributed by atoms with Gasteiger partial charge in [-0.1, -0.05) is 13.8 Å². The molecule has 18 heavy (non-hydrogen) atoms. The van der Waals surface area contributed by atoms with E-state index < -0.39 is 11.9 Å². The Kier molecular flexibility index (Phi) is 5.40. The van der Waals surface area contributed by atoms with Crippen molar-refractivity contribution in [3.63, 3.8) is 0 Å². The number of hydrogen-bond acceptors (Lipinski definition) is 3. The lowest BCUT2D eigenvalue weighted by atomic mass is 9.96. The molecule has 1 heterocycles. The molecule has 2 amide bonds. The van der Waals surface area contributed by atoms with E-state index in [2.05, 4.69) is 5.32 Å². The van der Waals surface area contributed by atoms with Gasteiger partial charge in [-0.15, -0.1) is 0 Å². The van der Waals surface area contributed by atoms with Crippen molar-refractivity contribution in [3.8, 4) is 0 Å². The molecular formula is C12H23N3O3. The largest absolute Gasteiger partial charge is 0.481 e. The fourth-order valence-electron chi connectivity index (χ4n) is 2.13. The average Bonchev–Trinajstić information content (AvgIpc) is 2.76. The number of likely N-dealkylation sites (tertiary alicyclic amines) is 1. The first-order chi connectivity index (χ1) is 8.45. The molecule has 1 rings (SSSR count). The van der Waals surface area contributed by atoms with Crippen LogP contribution in [-0.4, -0.2) is 48.2 Å². The summed E-state index contributed by atoms with van der Waals surface area (Å²) in [6.45, 7) is 5.81. The molecule has 2 atom stereocenters. The van der Waals surface area contributed by atoms with Crippen LogP contribution in [0.3, 0.4) is 0 Å². The fraction of sp³-hybridized carbons (Fsp3) is 0.833. The van der Waals surface area contributed by atoms with Crippen LogP contribution in [0.15, 0.2) is 0 Å². The van der Waals surface area contributed by atoms with Crippen molar-refractivity contribution in [2.75, 3.05) is 26.2 Å². The van der Waals surface area contributed by atoms with Gasteiger partial charge < -0.3 is 21.1 Å². The van der Waals surface area contributed by atoms with Crippen LogP contribution in [0.4, 0.5) is 4.79 Å². The topological polar surface area (TPSA) is 95.7 Å². The second kappa shape index (κ2) is 6.58. The minimum Gasteiger partial charge on any atom is -0.481 e. The van der Waals surface area contributed by atoms with Crippen molar-refractivity contribution >= 4 is 12.0 Å². The van der Waals surface area contributed by atoms with Crippen LogP contribution in [0, 0.1) is 17.8 Å². The van der Waals surface area contributed by atoms with E-state index in [4.69, 9.17) is 10.8 Å². The fourth-order valence-corrected chi connectivity index (χ4v) is 2.13. The quantitative estimate of drug-likeness (QED) is 0.661. The maximum atomic E-state index is 11.8. The van der Waals surface area contributed by atoms with Crippen LogP contribution in [-0.2, 0) is 4.79 Å². The number of urea groups is 1. The third-order valence-electron chi connectivity index (χ3n) is 3.50. The lowest BCUT2D eigenvalue weighted by molar-refractivity contribution is -0.142. The van der Waals surface area contributed by atoms with E-state index >= 15 is 0 Å². The predicted octanol–water partition coefficient (Wildman–Crippen LogP) is 0.333. The van der Waals surface area contributed by atoms with Crippen LogP contribution >= 0.6 is 0 Å². The molecule has 0 radical (unpaired) electrons. The number of carboxylic acids is 1. The molecular weight excluding hydrogens is 234 g/mol. The van der Waals surface area contributed by atoms with Crippen molar-refractivity contribution in [1.29, 1.82) is 0 Å². The molecule has 1 saturated heterocycles. The second-order valence-corrected chi connectivity index (χ2v) is 5.21. The summed E-state index contributed by atoms with van der Waals surface area (Å²) in [4.78, 5) is 24.5. The van der Waals surface area contributed by atoms with E-state index in [0.29, 0.717) is 25.6 Å². The molecule has 4 N–H and O–H groups in total. The van der Waals surface area contributed by atoms with E-state index in [1.54, 1.807) is 4.90 Å². The molecule has 2 unspecified atom stereocenters. The molecule has 1 fully saturated rings. The normalized spacial score (nSPS) is 21.1. The Morgan fingerprint density at radius 2 is 2.17 bits per heavy atom. The molecule has 0 spiro atoms. The zero-order chi connectivity index (χ0) is 13.7. The van der Waals surface area contributed by atoms with Gasteiger partial charge in [0.05, 0.1) is 5.92 Å². The highest BCUT2D eigenvalue weighted by Crippen LogP contribution is 2.15. The molecule has 0 aliphatic carbocycles. The first-order valence-electron chi connectivity index (χ1n) is 6.41. The van der Waals surface area contributed by atoms with Gasteiger partial charge in [-0.3, -0.25) is 4.79 Å². The molecule has 104 valence electrons. The summed E-state index contributed by atoms with van der Waals surface area (Å²) in [6.07, 6.45) is 0.927. The van der Waals surface area contributed by atoms with E-state index in [1.165, 1.54) is 0 Å². The van der Waals surface area contributed by atoms with Crippen molar-refractivity contribution in [1.82, 2.24) is 10.2 Å². The smallest absolute Gasteiger partial charge is 0.317 e. The SMILES string of the molecule is CC(C)C(CNC(=O)N1CCC(CN)C1)C(=O)O. The number of carbonyl (C=O) groups excluding carboxylic acids is 1. The first kappa shape index (κ1) is 14.8. The van der Waals surface area contributed by atoms with Gasteiger partial charge in [-0.2, -0.15) is 0 Å². The van der Waals surface area contributed by atoms with Gasteiger partial charge in [-0.05, 0) is 24.8 Å². The molecule has 6 heteroatoms. The van der Waals surface area contributed by atoms with Gasteiger partial charge in [-0.25, -0.2) is 4.79 Å². The maximum absolute atomic E-state index is 11.8. The summed E-state index contributed by atoms with van der Waals surface area (Å²) >= 11 is 0. The van der Waals surface area contributed by atoms with Crippen LogP contribution in [0.5, 0.6) is 0 Å². The number of nitrogens with zero attached hydrogens (tertiary/aromatic N) is 1. The summed E-state index contributed by atoms with van der Waals surface area (Å²) < 4.78 is 0. The van der Waals surface area contributed by atoms with Crippen LogP contribution in [0.2, 0.25) is 0 Å². The van der Waals surface area contributed by atoms with Crippen LogP contribution in [0.1, 0.15) is 20.3 Å².